The number of amides is 1. The van der Waals surface area contributed by atoms with E-state index in [4.69, 9.17) is 4.74 Å². The molecule has 3 rings (SSSR count). The molecular formula is C20H34N4O3S. The number of hydrogen-bond acceptors (Lipinski definition) is 6. The summed E-state index contributed by atoms with van der Waals surface area (Å²) in [5.74, 6) is 0.993. The minimum atomic E-state index is -0.729. The molecule has 0 saturated carbocycles. The van der Waals surface area contributed by atoms with Gasteiger partial charge in [-0.05, 0) is 58.1 Å². The van der Waals surface area contributed by atoms with Gasteiger partial charge in [-0.2, -0.15) is 16.9 Å². The first kappa shape index (κ1) is 21.6. The summed E-state index contributed by atoms with van der Waals surface area (Å²) >= 11 is 1.88. The van der Waals surface area contributed by atoms with E-state index in [0.717, 1.165) is 39.0 Å². The molecular weight excluding hydrogens is 376 g/mol. The lowest BCUT2D eigenvalue weighted by Gasteiger charge is -2.53. The molecule has 2 aliphatic rings. The van der Waals surface area contributed by atoms with Gasteiger partial charge >= 0.3 is 0 Å². The summed E-state index contributed by atoms with van der Waals surface area (Å²) in [6.45, 7) is 8.15. The molecule has 1 spiro atoms. The van der Waals surface area contributed by atoms with Crippen molar-refractivity contribution in [2.24, 2.45) is 0 Å². The van der Waals surface area contributed by atoms with E-state index in [1.54, 1.807) is 17.1 Å². The summed E-state index contributed by atoms with van der Waals surface area (Å²) in [6.07, 6.45) is 8.12. The Morgan fingerprint density at radius 1 is 1.43 bits per heavy atom. The van der Waals surface area contributed by atoms with Crippen LogP contribution in [0.15, 0.2) is 12.4 Å². The number of nitrogens with zero attached hydrogens (tertiary/aromatic N) is 3. The van der Waals surface area contributed by atoms with Crippen molar-refractivity contribution in [1.29, 1.82) is 0 Å². The van der Waals surface area contributed by atoms with Crippen molar-refractivity contribution in [1.82, 2.24) is 20.0 Å². The van der Waals surface area contributed by atoms with Crippen molar-refractivity contribution < 1.29 is 14.6 Å². The first-order valence-electron chi connectivity index (χ1n) is 10.3. The van der Waals surface area contributed by atoms with E-state index in [1.807, 2.05) is 25.6 Å². The van der Waals surface area contributed by atoms with Crippen molar-refractivity contribution in [2.75, 3.05) is 38.2 Å². The lowest BCUT2D eigenvalue weighted by Crippen LogP contribution is -2.69. The van der Waals surface area contributed by atoms with Gasteiger partial charge in [0.2, 0.25) is 0 Å². The standard InChI is InChI=1S/C20H34N4O3S/c1-4-24-15-16(14-21-24)17(25)22-19(2)8-12-27-20(18(19)26)6-10-23(11-7-20)9-5-13-28-3/h14-15,18,26H,4-13H2,1-3H3,(H,22,25)/t18-,19+/m1/s1. The van der Waals surface area contributed by atoms with Crippen LogP contribution in [0.4, 0.5) is 0 Å². The first-order valence-corrected chi connectivity index (χ1v) is 11.7. The Morgan fingerprint density at radius 3 is 2.82 bits per heavy atom. The number of carbonyl (C=O) groups excluding carboxylic acids is 1. The predicted molar refractivity (Wildman–Crippen MR) is 112 cm³/mol. The van der Waals surface area contributed by atoms with Crippen LogP contribution >= 0.6 is 11.8 Å². The van der Waals surface area contributed by atoms with Crippen LogP contribution in [-0.2, 0) is 11.3 Å². The second-order valence-electron chi connectivity index (χ2n) is 8.21. The number of rotatable bonds is 7. The van der Waals surface area contributed by atoms with Gasteiger partial charge in [0.05, 0.1) is 22.9 Å². The van der Waals surface area contributed by atoms with Crippen LogP contribution < -0.4 is 5.32 Å². The molecule has 0 unspecified atom stereocenters. The molecule has 2 N–H and O–H groups in total. The van der Waals surface area contributed by atoms with Crippen LogP contribution in [0.2, 0.25) is 0 Å². The Kier molecular flexibility index (Phi) is 7.07. The monoisotopic (exact) mass is 410 g/mol. The Hall–Kier alpha value is -1.09. The van der Waals surface area contributed by atoms with Gasteiger partial charge in [-0.25, -0.2) is 0 Å². The molecule has 7 nitrogen and oxygen atoms in total. The average Bonchev–Trinajstić information content (AvgIpc) is 3.17. The number of aliphatic hydroxyl groups is 1. The van der Waals surface area contributed by atoms with Gasteiger partial charge in [0.25, 0.3) is 5.91 Å². The summed E-state index contributed by atoms with van der Waals surface area (Å²) in [5, 5.41) is 18.5. The maximum absolute atomic E-state index is 12.7. The highest BCUT2D eigenvalue weighted by atomic mass is 32.2. The van der Waals surface area contributed by atoms with Gasteiger partial charge < -0.3 is 20.1 Å². The van der Waals surface area contributed by atoms with E-state index in [0.29, 0.717) is 18.6 Å². The Balaban J connectivity index is 1.63. The van der Waals surface area contributed by atoms with Crippen molar-refractivity contribution >= 4 is 17.7 Å². The highest BCUT2D eigenvalue weighted by Gasteiger charge is 2.53. The summed E-state index contributed by atoms with van der Waals surface area (Å²) in [5.41, 5.74) is -0.742. The molecule has 0 radical (unpaired) electrons. The first-order chi connectivity index (χ1) is 13.4. The minimum absolute atomic E-state index is 0.187. The van der Waals surface area contributed by atoms with E-state index in [9.17, 15) is 9.90 Å². The number of aliphatic hydroxyl groups excluding tert-OH is 1. The molecule has 2 saturated heterocycles. The topological polar surface area (TPSA) is 79.6 Å². The zero-order valence-corrected chi connectivity index (χ0v) is 18.1. The van der Waals surface area contributed by atoms with Gasteiger partial charge in [-0.1, -0.05) is 0 Å². The van der Waals surface area contributed by atoms with Gasteiger partial charge in [-0.3, -0.25) is 9.48 Å². The zero-order valence-electron chi connectivity index (χ0n) is 17.3. The van der Waals surface area contributed by atoms with Crippen LogP contribution in [-0.4, -0.2) is 81.2 Å². The second-order valence-corrected chi connectivity index (χ2v) is 9.20. The molecule has 158 valence electrons. The summed E-state index contributed by atoms with van der Waals surface area (Å²) < 4.78 is 7.88. The molecule has 1 amide bonds. The number of ether oxygens (including phenoxy) is 1. The number of aryl methyl sites for hydroxylation is 1. The fraction of sp³-hybridized carbons (Fsp3) is 0.800. The normalized spacial score (nSPS) is 27.8. The SMILES string of the molecule is CCn1cc(C(=O)N[C@@]2(C)CCOC3(CCN(CCCSC)CC3)[C@@H]2O)cn1. The van der Waals surface area contributed by atoms with E-state index in [1.165, 1.54) is 12.2 Å². The van der Waals surface area contributed by atoms with Crippen LogP contribution in [0.5, 0.6) is 0 Å². The minimum Gasteiger partial charge on any atom is -0.388 e. The lowest BCUT2D eigenvalue weighted by molar-refractivity contribution is -0.205. The molecule has 0 bridgehead atoms. The second kappa shape index (κ2) is 9.15. The molecule has 3 heterocycles. The molecule has 8 heteroatoms. The van der Waals surface area contributed by atoms with Gasteiger partial charge in [0.1, 0.15) is 6.10 Å². The van der Waals surface area contributed by atoms with E-state index < -0.39 is 17.2 Å². The molecule has 2 aliphatic heterocycles. The van der Waals surface area contributed by atoms with E-state index in [-0.39, 0.29) is 5.91 Å². The van der Waals surface area contributed by atoms with E-state index >= 15 is 0 Å². The third-order valence-corrected chi connectivity index (χ3v) is 6.95. The maximum atomic E-state index is 12.7. The Labute approximate surface area is 172 Å². The third kappa shape index (κ3) is 4.56. The van der Waals surface area contributed by atoms with Gasteiger partial charge in [-0.15, -0.1) is 0 Å². The number of piperidine rings is 1. The van der Waals surface area contributed by atoms with E-state index in [2.05, 4.69) is 21.6 Å². The van der Waals surface area contributed by atoms with Crippen molar-refractivity contribution in [3.63, 3.8) is 0 Å². The van der Waals surface area contributed by atoms with Gasteiger partial charge in [0.15, 0.2) is 0 Å². The summed E-state index contributed by atoms with van der Waals surface area (Å²) in [6, 6.07) is 0. The fourth-order valence-corrected chi connectivity index (χ4v) is 4.80. The van der Waals surface area contributed by atoms with Crippen molar-refractivity contribution in [3.05, 3.63) is 18.0 Å². The van der Waals surface area contributed by atoms with Crippen LogP contribution in [0, 0.1) is 0 Å². The third-order valence-electron chi connectivity index (χ3n) is 6.26. The quantitative estimate of drug-likeness (QED) is 0.667. The summed E-state index contributed by atoms with van der Waals surface area (Å²) in [4.78, 5) is 15.2. The number of likely N-dealkylation sites (tertiary alicyclic amines) is 1. The number of carbonyl (C=O) groups is 1. The maximum Gasteiger partial charge on any atom is 0.254 e. The molecule has 28 heavy (non-hydrogen) atoms. The molecule has 0 aromatic carbocycles. The Morgan fingerprint density at radius 2 is 2.18 bits per heavy atom. The van der Waals surface area contributed by atoms with Crippen LogP contribution in [0.25, 0.3) is 0 Å². The zero-order chi connectivity index (χ0) is 20.2. The Bertz CT molecular complexity index is 660. The van der Waals surface area contributed by atoms with Crippen LogP contribution in [0.3, 0.4) is 0 Å². The number of aromatic nitrogens is 2. The average molecular weight is 411 g/mol. The molecule has 2 fully saturated rings. The molecule has 1 aromatic rings. The van der Waals surface area contributed by atoms with Crippen molar-refractivity contribution in [3.8, 4) is 0 Å². The number of hydrogen-bond donors (Lipinski definition) is 2. The highest BCUT2D eigenvalue weighted by molar-refractivity contribution is 7.98. The largest absolute Gasteiger partial charge is 0.388 e. The lowest BCUT2D eigenvalue weighted by atomic mass is 9.73. The molecule has 2 atom stereocenters. The van der Waals surface area contributed by atoms with Crippen LogP contribution in [0.1, 0.15) is 49.9 Å². The molecule has 1 aromatic heterocycles. The smallest absolute Gasteiger partial charge is 0.254 e. The number of nitrogens with one attached hydrogen (secondary N) is 1. The molecule has 0 aliphatic carbocycles. The fourth-order valence-electron chi connectivity index (χ4n) is 4.38. The summed E-state index contributed by atoms with van der Waals surface area (Å²) in [7, 11) is 0. The highest BCUT2D eigenvalue weighted by Crippen LogP contribution is 2.40. The predicted octanol–water partition coefficient (Wildman–Crippen LogP) is 1.76. The number of thioether (sulfide) groups is 1. The van der Waals surface area contributed by atoms with Gasteiger partial charge in [0, 0.05) is 32.4 Å². The van der Waals surface area contributed by atoms with Crippen molar-refractivity contribution in [2.45, 2.75) is 63.3 Å².